The molecule has 2 aromatic carbocycles. The van der Waals surface area contributed by atoms with Gasteiger partial charge in [0.05, 0.1) is 4.91 Å². The topological polar surface area (TPSA) is 37.4 Å². The van der Waals surface area contributed by atoms with Crippen molar-refractivity contribution in [2.45, 2.75) is 16.7 Å². The van der Waals surface area contributed by atoms with E-state index in [1.54, 1.807) is 23.9 Å². The van der Waals surface area contributed by atoms with Crippen LogP contribution in [0.1, 0.15) is 11.1 Å². The van der Waals surface area contributed by atoms with Crippen molar-refractivity contribution in [3.63, 3.8) is 0 Å². The third-order valence-electron chi connectivity index (χ3n) is 3.62. The van der Waals surface area contributed by atoms with Gasteiger partial charge in [-0.05, 0) is 54.6 Å². The van der Waals surface area contributed by atoms with Crippen molar-refractivity contribution >= 4 is 40.7 Å². The Bertz CT molecular complexity index is 839. The molecule has 1 saturated heterocycles. The van der Waals surface area contributed by atoms with Gasteiger partial charge in [-0.3, -0.25) is 14.5 Å². The Morgan fingerprint density at radius 1 is 1.04 bits per heavy atom. The van der Waals surface area contributed by atoms with Crippen LogP contribution in [-0.2, 0) is 4.79 Å². The summed E-state index contributed by atoms with van der Waals surface area (Å²) in [4.78, 5) is 28.0. The molecule has 1 heterocycles. The Kier molecular flexibility index (Phi) is 5.46. The van der Waals surface area contributed by atoms with Crippen LogP contribution in [0.25, 0.3) is 6.08 Å². The van der Waals surface area contributed by atoms with Crippen molar-refractivity contribution in [1.29, 1.82) is 0 Å². The van der Waals surface area contributed by atoms with E-state index in [1.165, 1.54) is 15.4 Å². The Balaban J connectivity index is 1.72. The van der Waals surface area contributed by atoms with Gasteiger partial charge in [0.1, 0.15) is 0 Å². The summed E-state index contributed by atoms with van der Waals surface area (Å²) in [7, 11) is 0. The molecule has 1 aliphatic rings. The lowest BCUT2D eigenvalue weighted by Crippen LogP contribution is -2.27. The summed E-state index contributed by atoms with van der Waals surface area (Å²) in [5, 5.41) is -0.248. The van der Waals surface area contributed by atoms with Crippen molar-refractivity contribution in [2.24, 2.45) is 0 Å². The summed E-state index contributed by atoms with van der Waals surface area (Å²) in [6.07, 6.45) is 3.31. The number of rotatable bonds is 5. The van der Waals surface area contributed by atoms with Crippen LogP contribution in [-0.4, -0.2) is 22.6 Å². The van der Waals surface area contributed by atoms with Crippen LogP contribution in [0.15, 0.2) is 75.9 Å². The van der Waals surface area contributed by atoms with E-state index in [2.05, 4.69) is 37.8 Å². The van der Waals surface area contributed by atoms with E-state index in [9.17, 15) is 9.59 Å². The summed E-state index contributed by atoms with van der Waals surface area (Å²) >= 11 is 2.66. The summed E-state index contributed by atoms with van der Waals surface area (Å²) in [5.74, 6) is -0.256. The van der Waals surface area contributed by atoms with Crippen LogP contribution in [0.5, 0.6) is 0 Å². The van der Waals surface area contributed by atoms with Crippen molar-refractivity contribution < 1.29 is 9.59 Å². The number of thioether (sulfide) groups is 1. The molecule has 0 atom stereocenters. The Morgan fingerprint density at radius 2 is 1.64 bits per heavy atom. The van der Waals surface area contributed by atoms with E-state index in [0.717, 1.165) is 22.2 Å². The van der Waals surface area contributed by atoms with Gasteiger partial charge in [-0.2, -0.15) is 0 Å². The Morgan fingerprint density at radius 3 is 2.24 bits per heavy atom. The van der Waals surface area contributed by atoms with Gasteiger partial charge >= 0.3 is 0 Å². The molecular formula is C20H17NO2S2. The molecule has 126 valence electrons. The van der Waals surface area contributed by atoms with E-state index in [0.29, 0.717) is 4.91 Å². The fourth-order valence-electron chi connectivity index (χ4n) is 2.31. The molecule has 1 aliphatic heterocycles. The van der Waals surface area contributed by atoms with Gasteiger partial charge in [0.15, 0.2) is 0 Å². The second-order valence-electron chi connectivity index (χ2n) is 5.57. The molecule has 0 bridgehead atoms. The van der Waals surface area contributed by atoms with Crippen LogP contribution in [0.4, 0.5) is 4.79 Å². The van der Waals surface area contributed by atoms with Crippen LogP contribution >= 0.6 is 23.5 Å². The number of amides is 2. The maximum atomic E-state index is 12.2. The number of carbonyl (C=O) groups is 2. The van der Waals surface area contributed by atoms with Crippen molar-refractivity contribution in [1.82, 2.24) is 4.90 Å². The first kappa shape index (κ1) is 17.6. The molecule has 5 heteroatoms. The van der Waals surface area contributed by atoms with Gasteiger partial charge in [0.25, 0.3) is 11.1 Å². The molecule has 0 aromatic heterocycles. The number of imide groups is 1. The second-order valence-corrected chi connectivity index (χ2v) is 7.71. The molecule has 0 spiro atoms. The highest BCUT2D eigenvalue weighted by atomic mass is 32.2. The van der Waals surface area contributed by atoms with Gasteiger partial charge in [-0.1, -0.05) is 47.7 Å². The average Bonchev–Trinajstić information content (AvgIpc) is 2.86. The minimum Gasteiger partial charge on any atom is -0.268 e. The van der Waals surface area contributed by atoms with Gasteiger partial charge in [-0.15, -0.1) is 6.58 Å². The zero-order chi connectivity index (χ0) is 17.8. The maximum absolute atomic E-state index is 12.2. The predicted molar refractivity (Wildman–Crippen MR) is 105 cm³/mol. The molecule has 2 aromatic rings. The second kappa shape index (κ2) is 7.76. The zero-order valence-electron chi connectivity index (χ0n) is 13.8. The first-order valence-corrected chi connectivity index (χ1v) is 9.41. The predicted octanol–water partition coefficient (Wildman–Crippen LogP) is 5.37. The minimum absolute atomic E-state index is 0.244. The van der Waals surface area contributed by atoms with E-state index in [-0.39, 0.29) is 17.7 Å². The number of benzene rings is 2. The van der Waals surface area contributed by atoms with Crippen molar-refractivity contribution in [3.05, 3.63) is 77.2 Å². The smallest absolute Gasteiger partial charge is 0.268 e. The lowest BCUT2D eigenvalue weighted by Gasteiger charge is -2.07. The van der Waals surface area contributed by atoms with Crippen LogP contribution < -0.4 is 0 Å². The van der Waals surface area contributed by atoms with Gasteiger partial charge < -0.3 is 0 Å². The molecule has 0 aliphatic carbocycles. The minimum atomic E-state index is -0.256. The Labute approximate surface area is 155 Å². The number of hydrogen-bond acceptors (Lipinski definition) is 4. The molecule has 1 fully saturated rings. The average molecular weight is 367 g/mol. The number of nitrogens with zero attached hydrogens (tertiary/aromatic N) is 1. The quantitative estimate of drug-likeness (QED) is 0.526. The van der Waals surface area contributed by atoms with E-state index in [4.69, 9.17) is 0 Å². The highest BCUT2D eigenvalue weighted by Gasteiger charge is 2.33. The lowest BCUT2D eigenvalue weighted by molar-refractivity contribution is -0.122. The standard InChI is InChI=1S/C20H17NO2S2/c1-3-12-21-19(22)18(25-20(21)23)13-15-6-10-17(11-7-15)24-16-8-4-14(2)5-9-16/h3-11,13H,1,12H2,2H3/b18-13-. The first-order valence-electron chi connectivity index (χ1n) is 7.77. The molecule has 25 heavy (non-hydrogen) atoms. The van der Waals surface area contributed by atoms with E-state index >= 15 is 0 Å². The molecule has 0 radical (unpaired) electrons. The molecule has 3 rings (SSSR count). The van der Waals surface area contributed by atoms with Crippen LogP contribution in [0.2, 0.25) is 0 Å². The summed E-state index contributed by atoms with van der Waals surface area (Å²) < 4.78 is 0. The summed E-state index contributed by atoms with van der Waals surface area (Å²) in [6.45, 7) is 5.89. The number of carbonyl (C=O) groups excluding carboxylic acids is 2. The Hall–Kier alpha value is -2.24. The van der Waals surface area contributed by atoms with Crippen LogP contribution in [0, 0.1) is 6.92 Å². The van der Waals surface area contributed by atoms with E-state index < -0.39 is 0 Å². The van der Waals surface area contributed by atoms with Gasteiger partial charge in [0.2, 0.25) is 0 Å². The third kappa shape index (κ3) is 4.24. The van der Waals surface area contributed by atoms with E-state index in [1.807, 2.05) is 24.3 Å². The molecular weight excluding hydrogens is 350 g/mol. The molecule has 0 unspecified atom stereocenters. The van der Waals surface area contributed by atoms with Crippen LogP contribution in [0.3, 0.4) is 0 Å². The third-order valence-corrected chi connectivity index (χ3v) is 5.54. The summed E-state index contributed by atoms with van der Waals surface area (Å²) in [6, 6.07) is 16.3. The molecule has 3 nitrogen and oxygen atoms in total. The number of aryl methyl sites for hydroxylation is 1. The monoisotopic (exact) mass is 367 g/mol. The van der Waals surface area contributed by atoms with Crippen molar-refractivity contribution in [2.75, 3.05) is 6.54 Å². The highest BCUT2D eigenvalue weighted by Crippen LogP contribution is 2.33. The zero-order valence-corrected chi connectivity index (χ0v) is 15.4. The first-order chi connectivity index (χ1) is 12.1. The normalized spacial score (nSPS) is 15.9. The van der Waals surface area contributed by atoms with Crippen molar-refractivity contribution in [3.8, 4) is 0 Å². The fraction of sp³-hybridized carbons (Fsp3) is 0.100. The molecule has 0 N–H and O–H groups in total. The number of hydrogen-bond donors (Lipinski definition) is 0. The van der Waals surface area contributed by atoms with Gasteiger partial charge in [0, 0.05) is 16.3 Å². The summed E-state index contributed by atoms with van der Waals surface area (Å²) in [5.41, 5.74) is 2.14. The molecule has 0 saturated carbocycles. The maximum Gasteiger partial charge on any atom is 0.293 e. The SMILES string of the molecule is C=CCN1C(=O)S/C(=C\c2ccc(Sc3ccc(C)cc3)cc2)C1=O. The lowest BCUT2D eigenvalue weighted by atomic mass is 10.2. The fourth-order valence-corrected chi connectivity index (χ4v) is 3.98. The largest absolute Gasteiger partial charge is 0.293 e. The van der Waals surface area contributed by atoms with Gasteiger partial charge in [-0.25, -0.2) is 0 Å². The molecule has 2 amide bonds. The highest BCUT2D eigenvalue weighted by molar-refractivity contribution is 8.18.